The van der Waals surface area contributed by atoms with Crippen LogP contribution in [0.4, 0.5) is 0 Å². The predicted molar refractivity (Wildman–Crippen MR) is 112 cm³/mol. The Morgan fingerprint density at radius 3 is 2.67 bits per heavy atom. The summed E-state index contributed by atoms with van der Waals surface area (Å²) in [5.74, 6) is -0.281. The van der Waals surface area contributed by atoms with Gasteiger partial charge in [-0.15, -0.1) is 5.10 Å². The molecule has 1 N–H and O–H groups in total. The van der Waals surface area contributed by atoms with Crippen LogP contribution in [0.5, 0.6) is 0 Å². The van der Waals surface area contributed by atoms with E-state index in [1.165, 1.54) is 0 Å². The molecule has 1 amide bonds. The van der Waals surface area contributed by atoms with Crippen molar-refractivity contribution in [1.82, 2.24) is 24.9 Å². The van der Waals surface area contributed by atoms with Gasteiger partial charge in [-0.3, -0.25) is 9.78 Å². The third kappa shape index (κ3) is 3.55. The van der Waals surface area contributed by atoms with Crippen LogP contribution in [0.15, 0.2) is 72.9 Å². The van der Waals surface area contributed by atoms with Crippen molar-refractivity contribution in [2.45, 2.75) is 12.5 Å². The molecule has 4 aromatic rings. The number of hydrogen-bond acceptors (Lipinski definition) is 5. The number of pyridine rings is 1. The second-order valence-electron chi connectivity index (χ2n) is 7.62. The Hall–Kier alpha value is -3.58. The van der Waals surface area contributed by atoms with Gasteiger partial charge in [-0.25, -0.2) is 4.68 Å². The molecule has 0 aliphatic carbocycles. The van der Waals surface area contributed by atoms with Crippen molar-refractivity contribution in [3.8, 4) is 5.69 Å². The quantitative estimate of drug-likeness (QED) is 0.570. The van der Waals surface area contributed by atoms with E-state index in [9.17, 15) is 9.90 Å². The molecular formula is C23H21N5O2. The zero-order chi connectivity index (χ0) is 20.5. The maximum absolute atomic E-state index is 12.9. The summed E-state index contributed by atoms with van der Waals surface area (Å²) >= 11 is 0. The lowest BCUT2D eigenvalue weighted by molar-refractivity contribution is 0.0759. The highest BCUT2D eigenvalue weighted by molar-refractivity contribution is 5.92. The minimum Gasteiger partial charge on any atom is -0.391 e. The van der Waals surface area contributed by atoms with Gasteiger partial charge in [0.2, 0.25) is 0 Å². The molecule has 0 bridgehead atoms. The van der Waals surface area contributed by atoms with Gasteiger partial charge in [0.05, 0.1) is 23.5 Å². The molecule has 0 radical (unpaired) electrons. The van der Waals surface area contributed by atoms with E-state index in [0.29, 0.717) is 13.0 Å². The van der Waals surface area contributed by atoms with Gasteiger partial charge in [-0.1, -0.05) is 47.7 Å². The average molecular weight is 399 g/mol. The van der Waals surface area contributed by atoms with Gasteiger partial charge in [0, 0.05) is 30.1 Å². The Morgan fingerprint density at radius 1 is 1.00 bits per heavy atom. The van der Waals surface area contributed by atoms with Crippen molar-refractivity contribution >= 4 is 16.8 Å². The second-order valence-corrected chi connectivity index (χ2v) is 7.62. The summed E-state index contributed by atoms with van der Waals surface area (Å²) in [7, 11) is 0. The summed E-state index contributed by atoms with van der Waals surface area (Å²) < 4.78 is 1.58. The van der Waals surface area contributed by atoms with Crippen molar-refractivity contribution in [2.24, 2.45) is 5.92 Å². The van der Waals surface area contributed by atoms with Crippen LogP contribution >= 0.6 is 0 Å². The normalized spacial score (nSPS) is 18.8. The Kier molecular flexibility index (Phi) is 4.72. The van der Waals surface area contributed by atoms with Crippen LogP contribution in [0.25, 0.3) is 16.6 Å². The van der Waals surface area contributed by atoms with E-state index in [1.807, 2.05) is 66.7 Å². The molecule has 5 rings (SSSR count). The zero-order valence-electron chi connectivity index (χ0n) is 16.3. The molecule has 2 atom stereocenters. The Labute approximate surface area is 173 Å². The number of fused-ring (bicyclic) bond motifs is 1. The molecule has 7 heteroatoms. The molecule has 1 aliphatic rings. The van der Waals surface area contributed by atoms with Gasteiger partial charge in [0.1, 0.15) is 0 Å². The van der Waals surface area contributed by atoms with Crippen LogP contribution in [0.2, 0.25) is 0 Å². The molecule has 30 heavy (non-hydrogen) atoms. The standard InChI is InChI=1S/C23H21N5O2/c29-22-15-27(23(30)21-14-28(26-25-21)19-7-2-1-3-8-19)13-17(22)12-18-11-10-16-6-4-5-9-20(16)24-18/h1-11,14,17,22,29H,12-13,15H2/t17-,22-/m1/s1. The van der Waals surface area contributed by atoms with Crippen molar-refractivity contribution in [1.29, 1.82) is 0 Å². The monoisotopic (exact) mass is 399 g/mol. The van der Waals surface area contributed by atoms with E-state index in [4.69, 9.17) is 4.98 Å². The topological polar surface area (TPSA) is 84.1 Å². The van der Waals surface area contributed by atoms with E-state index in [0.717, 1.165) is 22.3 Å². The first-order chi connectivity index (χ1) is 14.7. The van der Waals surface area contributed by atoms with Gasteiger partial charge in [-0.2, -0.15) is 0 Å². The highest BCUT2D eigenvalue weighted by atomic mass is 16.3. The largest absolute Gasteiger partial charge is 0.391 e. The van der Waals surface area contributed by atoms with Crippen molar-refractivity contribution in [3.05, 3.63) is 84.3 Å². The number of para-hydroxylation sites is 2. The fourth-order valence-corrected chi connectivity index (χ4v) is 3.94. The lowest BCUT2D eigenvalue weighted by atomic mass is 9.99. The lowest BCUT2D eigenvalue weighted by Gasteiger charge is -2.14. The summed E-state index contributed by atoms with van der Waals surface area (Å²) in [6.07, 6.45) is 1.65. The van der Waals surface area contributed by atoms with E-state index < -0.39 is 6.10 Å². The number of benzene rings is 2. The molecule has 2 aromatic heterocycles. The van der Waals surface area contributed by atoms with Crippen LogP contribution in [0, 0.1) is 5.92 Å². The van der Waals surface area contributed by atoms with Crippen LogP contribution in [-0.4, -0.2) is 55.1 Å². The molecule has 1 saturated heterocycles. The fourth-order valence-electron chi connectivity index (χ4n) is 3.94. The Morgan fingerprint density at radius 2 is 1.80 bits per heavy atom. The molecule has 0 unspecified atom stereocenters. The number of rotatable bonds is 4. The van der Waals surface area contributed by atoms with Crippen LogP contribution < -0.4 is 0 Å². The van der Waals surface area contributed by atoms with Crippen LogP contribution in [-0.2, 0) is 6.42 Å². The number of aliphatic hydroxyl groups excluding tert-OH is 1. The van der Waals surface area contributed by atoms with Crippen molar-refractivity contribution in [2.75, 3.05) is 13.1 Å². The highest BCUT2D eigenvalue weighted by Crippen LogP contribution is 2.23. The maximum Gasteiger partial charge on any atom is 0.276 e. The Balaban J connectivity index is 1.29. The molecule has 0 spiro atoms. The number of nitrogens with zero attached hydrogens (tertiary/aromatic N) is 5. The van der Waals surface area contributed by atoms with Gasteiger partial charge < -0.3 is 10.0 Å². The number of carbonyl (C=O) groups is 1. The average Bonchev–Trinajstić information content (AvgIpc) is 3.41. The van der Waals surface area contributed by atoms with Crippen molar-refractivity contribution in [3.63, 3.8) is 0 Å². The van der Waals surface area contributed by atoms with Gasteiger partial charge in [0.15, 0.2) is 5.69 Å². The molecule has 2 aromatic carbocycles. The first kappa shape index (κ1) is 18.4. The van der Waals surface area contributed by atoms with Crippen LogP contribution in [0.3, 0.4) is 0 Å². The number of aliphatic hydroxyl groups is 1. The lowest BCUT2D eigenvalue weighted by Crippen LogP contribution is -2.30. The highest BCUT2D eigenvalue weighted by Gasteiger charge is 2.35. The summed E-state index contributed by atoms with van der Waals surface area (Å²) in [6.45, 7) is 0.752. The summed E-state index contributed by atoms with van der Waals surface area (Å²) in [6, 6.07) is 21.5. The summed E-state index contributed by atoms with van der Waals surface area (Å²) in [5.41, 5.74) is 2.97. The zero-order valence-corrected chi connectivity index (χ0v) is 16.3. The van der Waals surface area contributed by atoms with E-state index in [1.54, 1.807) is 15.8 Å². The summed E-state index contributed by atoms with van der Waals surface area (Å²) in [4.78, 5) is 19.2. The maximum atomic E-state index is 12.9. The minimum atomic E-state index is -0.591. The first-order valence-electron chi connectivity index (χ1n) is 9.97. The smallest absolute Gasteiger partial charge is 0.276 e. The van der Waals surface area contributed by atoms with E-state index in [2.05, 4.69) is 10.3 Å². The van der Waals surface area contributed by atoms with Gasteiger partial charge in [-0.05, 0) is 30.7 Å². The number of likely N-dealkylation sites (tertiary alicyclic amines) is 1. The Bertz CT molecular complexity index is 1190. The molecule has 1 fully saturated rings. The molecule has 3 heterocycles. The van der Waals surface area contributed by atoms with Gasteiger partial charge in [0.25, 0.3) is 5.91 Å². The number of aromatic nitrogens is 4. The number of carbonyl (C=O) groups excluding carboxylic acids is 1. The second kappa shape index (κ2) is 7.68. The molecule has 150 valence electrons. The van der Waals surface area contributed by atoms with Crippen LogP contribution in [0.1, 0.15) is 16.2 Å². The number of amides is 1. The number of hydrogen-bond donors (Lipinski definition) is 1. The first-order valence-corrected chi connectivity index (χ1v) is 9.97. The summed E-state index contributed by atoms with van der Waals surface area (Å²) in [5, 5.41) is 19.7. The molecule has 7 nitrogen and oxygen atoms in total. The third-order valence-corrected chi connectivity index (χ3v) is 5.55. The fraction of sp³-hybridized carbons (Fsp3) is 0.217. The molecular weight excluding hydrogens is 378 g/mol. The number of β-amino-alcohol motifs (C(OH)–C–C–N with tert-alkyl or cyclic N) is 1. The van der Waals surface area contributed by atoms with Crippen molar-refractivity contribution < 1.29 is 9.90 Å². The molecule has 1 aliphatic heterocycles. The van der Waals surface area contributed by atoms with E-state index >= 15 is 0 Å². The van der Waals surface area contributed by atoms with E-state index in [-0.39, 0.29) is 24.1 Å². The van der Waals surface area contributed by atoms with Gasteiger partial charge >= 0.3 is 0 Å². The minimum absolute atomic E-state index is 0.0632. The third-order valence-electron chi connectivity index (χ3n) is 5.55. The molecule has 0 saturated carbocycles. The predicted octanol–water partition coefficient (Wildman–Crippen LogP) is 2.49. The SMILES string of the molecule is O=C(c1cn(-c2ccccc2)nn1)N1C[C@@H](Cc2ccc3ccccc3n2)[C@H](O)C1.